The van der Waals surface area contributed by atoms with E-state index in [4.69, 9.17) is 11.6 Å². The minimum absolute atomic E-state index is 0.332. The zero-order chi connectivity index (χ0) is 15.0. The van der Waals surface area contributed by atoms with Crippen molar-refractivity contribution in [2.24, 2.45) is 0 Å². The van der Waals surface area contributed by atoms with E-state index in [1.807, 2.05) is 13.0 Å². The molecule has 0 aliphatic heterocycles. The molecule has 0 radical (unpaired) electrons. The fourth-order valence-electron chi connectivity index (χ4n) is 2.31. The first-order valence-corrected chi connectivity index (χ1v) is 6.84. The van der Waals surface area contributed by atoms with Crippen molar-refractivity contribution in [2.45, 2.75) is 13.5 Å². The van der Waals surface area contributed by atoms with Crippen LogP contribution in [0, 0.1) is 6.92 Å². The SMILES string of the molecule is CNc1nc(=O)n(Cc2cnc(C)[nH]2)c2cc(Cl)ccc12. The number of nitrogens with zero attached hydrogens (tertiary/aromatic N) is 3. The number of imidazole rings is 1. The highest BCUT2D eigenvalue weighted by molar-refractivity contribution is 6.31. The van der Waals surface area contributed by atoms with Crippen molar-refractivity contribution in [3.63, 3.8) is 0 Å². The first-order valence-electron chi connectivity index (χ1n) is 6.47. The minimum atomic E-state index is -0.332. The average Bonchev–Trinajstić information content (AvgIpc) is 2.87. The number of benzene rings is 1. The van der Waals surface area contributed by atoms with E-state index in [2.05, 4.69) is 20.3 Å². The maximum absolute atomic E-state index is 12.3. The van der Waals surface area contributed by atoms with Crippen molar-refractivity contribution < 1.29 is 0 Å². The molecule has 0 unspecified atom stereocenters. The summed E-state index contributed by atoms with van der Waals surface area (Å²) < 4.78 is 1.58. The van der Waals surface area contributed by atoms with Crippen LogP contribution in [0.5, 0.6) is 0 Å². The zero-order valence-electron chi connectivity index (χ0n) is 11.6. The van der Waals surface area contributed by atoms with E-state index >= 15 is 0 Å². The normalized spacial score (nSPS) is 11.0. The number of aromatic amines is 1. The lowest BCUT2D eigenvalue weighted by molar-refractivity contribution is 0.747. The largest absolute Gasteiger partial charge is 0.372 e. The van der Waals surface area contributed by atoms with Gasteiger partial charge >= 0.3 is 5.69 Å². The van der Waals surface area contributed by atoms with Crippen LogP contribution in [0.1, 0.15) is 11.5 Å². The minimum Gasteiger partial charge on any atom is -0.372 e. The van der Waals surface area contributed by atoms with E-state index in [1.165, 1.54) is 0 Å². The van der Waals surface area contributed by atoms with E-state index in [9.17, 15) is 4.79 Å². The number of hydrogen-bond acceptors (Lipinski definition) is 4. The molecule has 0 bridgehead atoms. The van der Waals surface area contributed by atoms with Gasteiger partial charge in [0.2, 0.25) is 0 Å². The average molecular weight is 304 g/mol. The maximum atomic E-state index is 12.3. The second-order valence-corrected chi connectivity index (χ2v) is 5.17. The molecule has 3 rings (SSSR count). The molecule has 0 aliphatic carbocycles. The molecule has 0 atom stereocenters. The predicted octanol–water partition coefficient (Wildman–Crippen LogP) is 2.17. The summed E-state index contributed by atoms with van der Waals surface area (Å²) >= 11 is 6.07. The monoisotopic (exact) mass is 303 g/mol. The van der Waals surface area contributed by atoms with Gasteiger partial charge in [-0.1, -0.05) is 11.6 Å². The second kappa shape index (κ2) is 5.21. The number of aromatic nitrogens is 4. The van der Waals surface area contributed by atoms with Crippen molar-refractivity contribution >= 4 is 28.3 Å². The molecule has 2 N–H and O–H groups in total. The molecule has 6 nitrogen and oxygen atoms in total. The van der Waals surface area contributed by atoms with Gasteiger partial charge in [-0.3, -0.25) is 4.57 Å². The standard InChI is InChI=1S/C14H14ClN5O/c1-8-17-6-10(18-8)7-20-12-5-9(15)3-4-11(12)13(16-2)19-14(20)21/h3-6H,7H2,1-2H3,(H,17,18)(H,16,19,21). The lowest BCUT2D eigenvalue weighted by Gasteiger charge is -2.12. The summed E-state index contributed by atoms with van der Waals surface area (Å²) in [6, 6.07) is 5.40. The molecule has 1 aromatic carbocycles. The number of halogens is 1. The van der Waals surface area contributed by atoms with Crippen LogP contribution in [0.3, 0.4) is 0 Å². The van der Waals surface area contributed by atoms with Crippen LogP contribution >= 0.6 is 11.6 Å². The number of nitrogens with one attached hydrogen (secondary N) is 2. The number of rotatable bonds is 3. The summed E-state index contributed by atoms with van der Waals surface area (Å²) in [7, 11) is 1.73. The van der Waals surface area contributed by atoms with Crippen LogP contribution in [0.25, 0.3) is 10.9 Å². The second-order valence-electron chi connectivity index (χ2n) is 4.73. The van der Waals surface area contributed by atoms with Gasteiger partial charge in [-0.2, -0.15) is 4.98 Å². The molecular weight excluding hydrogens is 290 g/mol. The summed E-state index contributed by atoms with van der Waals surface area (Å²) in [6.07, 6.45) is 1.71. The number of hydrogen-bond donors (Lipinski definition) is 2. The van der Waals surface area contributed by atoms with Crippen LogP contribution in [-0.4, -0.2) is 26.6 Å². The number of aryl methyl sites for hydroxylation is 1. The Morgan fingerprint density at radius 3 is 2.90 bits per heavy atom. The van der Waals surface area contributed by atoms with Crippen molar-refractivity contribution in [1.82, 2.24) is 19.5 Å². The molecule has 2 aromatic heterocycles. The predicted molar refractivity (Wildman–Crippen MR) is 83.0 cm³/mol. The lowest BCUT2D eigenvalue weighted by atomic mass is 10.2. The van der Waals surface area contributed by atoms with E-state index in [1.54, 1.807) is 29.9 Å². The van der Waals surface area contributed by atoms with Gasteiger partial charge in [0.05, 0.1) is 24.0 Å². The smallest absolute Gasteiger partial charge is 0.350 e. The molecule has 0 fully saturated rings. The van der Waals surface area contributed by atoms with E-state index < -0.39 is 0 Å². The van der Waals surface area contributed by atoms with Crippen LogP contribution in [0.2, 0.25) is 5.02 Å². The zero-order valence-corrected chi connectivity index (χ0v) is 12.4. The molecule has 21 heavy (non-hydrogen) atoms. The molecule has 7 heteroatoms. The first kappa shape index (κ1) is 13.6. The van der Waals surface area contributed by atoms with E-state index in [0.29, 0.717) is 17.4 Å². The summed E-state index contributed by atoms with van der Waals surface area (Å²) in [5.41, 5.74) is 1.25. The van der Waals surface area contributed by atoms with Gasteiger partial charge in [0, 0.05) is 17.5 Å². The Labute approximate surface area is 125 Å². The van der Waals surface area contributed by atoms with E-state index in [-0.39, 0.29) is 5.69 Å². The van der Waals surface area contributed by atoms with Crippen molar-refractivity contribution in [3.05, 3.63) is 51.4 Å². The van der Waals surface area contributed by atoms with E-state index in [0.717, 1.165) is 22.4 Å². The summed E-state index contributed by atoms with van der Waals surface area (Å²) in [5.74, 6) is 1.35. The number of anilines is 1. The van der Waals surface area contributed by atoms with Gasteiger partial charge in [0.1, 0.15) is 11.6 Å². The Morgan fingerprint density at radius 2 is 2.24 bits per heavy atom. The maximum Gasteiger partial charge on any atom is 0.350 e. The van der Waals surface area contributed by atoms with Gasteiger partial charge in [0.15, 0.2) is 0 Å². The molecule has 3 aromatic rings. The topological polar surface area (TPSA) is 75.6 Å². The van der Waals surface area contributed by atoms with Crippen molar-refractivity contribution in [2.75, 3.05) is 12.4 Å². The summed E-state index contributed by atoms with van der Waals surface area (Å²) in [5, 5.41) is 4.36. The fraction of sp³-hybridized carbons (Fsp3) is 0.214. The molecule has 0 spiro atoms. The number of fused-ring (bicyclic) bond motifs is 1. The van der Waals surface area contributed by atoms with Gasteiger partial charge in [-0.25, -0.2) is 9.78 Å². The van der Waals surface area contributed by atoms with Gasteiger partial charge in [-0.05, 0) is 25.1 Å². The summed E-state index contributed by atoms with van der Waals surface area (Å²) in [6.45, 7) is 2.23. The third-order valence-electron chi connectivity index (χ3n) is 3.26. The molecule has 2 heterocycles. The Kier molecular flexibility index (Phi) is 3.39. The third-order valence-corrected chi connectivity index (χ3v) is 3.50. The Bertz CT molecular complexity index is 867. The lowest BCUT2D eigenvalue weighted by Crippen LogP contribution is -2.25. The molecule has 0 saturated carbocycles. The fourth-order valence-corrected chi connectivity index (χ4v) is 2.48. The highest BCUT2D eigenvalue weighted by Gasteiger charge is 2.11. The third kappa shape index (κ3) is 2.50. The molecule has 0 aliphatic rings. The van der Waals surface area contributed by atoms with Crippen LogP contribution in [0.4, 0.5) is 5.82 Å². The van der Waals surface area contributed by atoms with Gasteiger partial charge < -0.3 is 10.3 Å². The molecule has 108 valence electrons. The van der Waals surface area contributed by atoms with Crippen LogP contribution in [0.15, 0.2) is 29.2 Å². The highest BCUT2D eigenvalue weighted by atomic mass is 35.5. The first-order chi connectivity index (χ1) is 10.1. The molecule has 0 amide bonds. The van der Waals surface area contributed by atoms with Crippen molar-refractivity contribution in [1.29, 1.82) is 0 Å². The van der Waals surface area contributed by atoms with Crippen molar-refractivity contribution in [3.8, 4) is 0 Å². The van der Waals surface area contributed by atoms with Gasteiger partial charge in [-0.15, -0.1) is 0 Å². The van der Waals surface area contributed by atoms with Gasteiger partial charge in [0.25, 0.3) is 0 Å². The molecule has 0 saturated heterocycles. The quantitative estimate of drug-likeness (QED) is 0.777. The highest BCUT2D eigenvalue weighted by Crippen LogP contribution is 2.23. The number of H-pyrrole nitrogens is 1. The Hall–Kier alpha value is -2.34. The Morgan fingerprint density at radius 1 is 1.43 bits per heavy atom. The van der Waals surface area contributed by atoms with Crippen LogP contribution in [-0.2, 0) is 6.54 Å². The summed E-state index contributed by atoms with van der Waals surface area (Å²) in [4.78, 5) is 23.6. The Balaban J connectivity index is 2.23. The molecular formula is C14H14ClN5O. The van der Waals surface area contributed by atoms with Crippen LogP contribution < -0.4 is 11.0 Å².